The lowest BCUT2D eigenvalue weighted by atomic mass is 10.1. The first-order valence-corrected chi connectivity index (χ1v) is 18.4. The van der Waals surface area contributed by atoms with Gasteiger partial charge in [0.05, 0.1) is 25.2 Å². The summed E-state index contributed by atoms with van der Waals surface area (Å²) >= 11 is 5.23. The van der Waals surface area contributed by atoms with Gasteiger partial charge < -0.3 is 23.8 Å². The molecule has 1 aliphatic heterocycles. The van der Waals surface area contributed by atoms with Gasteiger partial charge in [-0.1, -0.05) is 56.4 Å². The van der Waals surface area contributed by atoms with E-state index in [-0.39, 0.29) is 58.1 Å². The highest BCUT2D eigenvalue weighted by molar-refractivity contribution is 7.96. The van der Waals surface area contributed by atoms with Crippen LogP contribution in [0.3, 0.4) is 0 Å². The van der Waals surface area contributed by atoms with E-state index in [0.29, 0.717) is 43.3 Å². The van der Waals surface area contributed by atoms with Gasteiger partial charge in [0.25, 0.3) is 15.9 Å². The van der Waals surface area contributed by atoms with Gasteiger partial charge in [0.15, 0.2) is 22.3 Å². The van der Waals surface area contributed by atoms with Gasteiger partial charge in [-0.05, 0) is 35.8 Å². The summed E-state index contributed by atoms with van der Waals surface area (Å²) in [4.78, 5) is 15.4. The minimum atomic E-state index is -4.29. The molecule has 0 bridgehead atoms. The molecule has 1 aromatic carbocycles. The highest BCUT2D eigenvalue weighted by Gasteiger charge is 2.28. The fourth-order valence-electron chi connectivity index (χ4n) is 4.63. The molecular formula is C31H36N6O8S3. The van der Waals surface area contributed by atoms with Crippen LogP contribution in [-0.4, -0.2) is 83.2 Å². The summed E-state index contributed by atoms with van der Waals surface area (Å²) in [6, 6.07) is 9.84. The molecule has 1 saturated heterocycles. The molecule has 5 rings (SSSR count). The molecule has 0 saturated carbocycles. The second-order valence-corrected chi connectivity index (χ2v) is 14.7. The number of anilines is 2. The molecule has 0 amide bonds. The molecule has 256 valence electrons. The summed E-state index contributed by atoms with van der Waals surface area (Å²) < 4.78 is 81.3. The zero-order chi connectivity index (χ0) is 34.3. The van der Waals surface area contributed by atoms with Crippen molar-refractivity contribution in [3.63, 3.8) is 0 Å². The Hall–Kier alpha value is -4.16. The number of ether oxygens (including phenoxy) is 4. The number of aromatic nitrogens is 3. The predicted octanol–water partition coefficient (Wildman–Crippen LogP) is 3.95. The van der Waals surface area contributed by atoms with Crippen molar-refractivity contribution in [3.8, 4) is 23.1 Å². The van der Waals surface area contributed by atoms with Crippen LogP contribution in [0.1, 0.15) is 31.7 Å². The number of hydrogen-bond acceptors (Lipinski definition) is 13. The number of hydrogen-bond donors (Lipinski definition) is 2. The van der Waals surface area contributed by atoms with E-state index in [4.69, 9.17) is 31.2 Å². The van der Waals surface area contributed by atoms with Crippen LogP contribution in [0.4, 0.5) is 11.8 Å². The van der Waals surface area contributed by atoms with E-state index in [0.717, 1.165) is 5.56 Å². The van der Waals surface area contributed by atoms with E-state index >= 15 is 0 Å². The Morgan fingerprint density at radius 1 is 1.02 bits per heavy atom. The van der Waals surface area contributed by atoms with Gasteiger partial charge in [-0.2, -0.15) is 18.4 Å². The summed E-state index contributed by atoms with van der Waals surface area (Å²) in [7, 11) is -6.74. The molecule has 2 N–H and O–H groups in total. The van der Waals surface area contributed by atoms with Crippen molar-refractivity contribution < 1.29 is 35.8 Å². The molecule has 1 aliphatic carbocycles. The number of para-hydroxylation sites is 2. The maximum atomic E-state index is 13.7. The summed E-state index contributed by atoms with van der Waals surface area (Å²) in [5.41, 5.74) is 0.871. The molecule has 14 nitrogen and oxygen atoms in total. The van der Waals surface area contributed by atoms with Crippen molar-refractivity contribution >= 4 is 48.9 Å². The fourth-order valence-corrected chi connectivity index (χ4v) is 7.21. The number of benzene rings is 1. The number of allylic oxidation sites excluding steroid dienone is 4. The van der Waals surface area contributed by atoms with Crippen LogP contribution in [0.25, 0.3) is 0 Å². The smallest absolute Gasteiger partial charge is 0.280 e. The number of nitrogens with one attached hydrogen (secondary N) is 2. The average molecular weight is 717 g/mol. The van der Waals surface area contributed by atoms with Gasteiger partial charge in [-0.15, -0.1) is 0 Å². The SMILES string of the molecule is COc1ccccc1Oc1c(NS(=O)(=O)c2ccc(C(C)C)cn2)nc(N2CCOCC2)nc1OCCNS(=O)(=O)C1=CC=CCC1=S. The van der Waals surface area contributed by atoms with Crippen LogP contribution in [0, 0.1) is 0 Å². The normalized spacial score (nSPS) is 15.3. The number of thiocarbonyl (C=S) groups is 1. The first-order valence-electron chi connectivity index (χ1n) is 15.1. The van der Waals surface area contributed by atoms with E-state index in [1.807, 2.05) is 18.7 Å². The lowest BCUT2D eigenvalue weighted by molar-refractivity contribution is 0.122. The van der Waals surface area contributed by atoms with Crippen molar-refractivity contribution in [1.29, 1.82) is 0 Å². The number of morpholine rings is 1. The number of nitrogens with zero attached hydrogens (tertiary/aromatic N) is 4. The summed E-state index contributed by atoms with van der Waals surface area (Å²) in [6.45, 7) is 5.25. The first-order chi connectivity index (χ1) is 23.0. The molecule has 0 unspecified atom stereocenters. The number of methoxy groups -OCH3 is 1. The number of rotatable bonds is 14. The molecule has 2 aromatic heterocycles. The van der Waals surface area contributed by atoms with Gasteiger partial charge in [0.1, 0.15) is 6.61 Å². The molecule has 3 heterocycles. The van der Waals surface area contributed by atoms with Crippen LogP contribution in [0.2, 0.25) is 0 Å². The van der Waals surface area contributed by atoms with Crippen LogP contribution >= 0.6 is 12.2 Å². The lowest BCUT2D eigenvalue weighted by Crippen LogP contribution is -2.37. The van der Waals surface area contributed by atoms with E-state index in [1.54, 1.807) is 42.5 Å². The van der Waals surface area contributed by atoms with Gasteiger partial charge in [0.2, 0.25) is 21.7 Å². The van der Waals surface area contributed by atoms with Crippen molar-refractivity contribution in [3.05, 3.63) is 71.3 Å². The van der Waals surface area contributed by atoms with Crippen LogP contribution in [0.15, 0.2) is 70.8 Å². The average Bonchev–Trinajstić information content (AvgIpc) is 3.08. The van der Waals surface area contributed by atoms with Crippen LogP contribution in [-0.2, 0) is 24.8 Å². The Morgan fingerprint density at radius 3 is 2.44 bits per heavy atom. The fraction of sp³-hybridized carbons (Fsp3) is 0.355. The molecule has 48 heavy (non-hydrogen) atoms. The highest BCUT2D eigenvalue weighted by atomic mass is 32.2. The maximum Gasteiger partial charge on any atom is 0.280 e. The zero-order valence-electron chi connectivity index (χ0n) is 26.6. The molecular weight excluding hydrogens is 681 g/mol. The van der Waals surface area contributed by atoms with Crippen molar-refractivity contribution in [1.82, 2.24) is 19.7 Å². The monoisotopic (exact) mass is 716 g/mol. The summed E-state index contributed by atoms with van der Waals surface area (Å²) in [5, 5.41) is -0.233. The first kappa shape index (κ1) is 35.2. The van der Waals surface area contributed by atoms with Crippen LogP contribution < -0.4 is 28.6 Å². The molecule has 0 radical (unpaired) electrons. The predicted molar refractivity (Wildman–Crippen MR) is 184 cm³/mol. The van der Waals surface area contributed by atoms with Crippen molar-refractivity contribution in [2.24, 2.45) is 0 Å². The van der Waals surface area contributed by atoms with E-state index in [9.17, 15) is 16.8 Å². The van der Waals surface area contributed by atoms with E-state index in [2.05, 4.69) is 24.4 Å². The molecule has 0 spiro atoms. The lowest BCUT2D eigenvalue weighted by Gasteiger charge is -2.28. The highest BCUT2D eigenvalue weighted by Crippen LogP contribution is 2.41. The largest absolute Gasteiger partial charge is 0.493 e. The van der Waals surface area contributed by atoms with E-state index in [1.165, 1.54) is 25.4 Å². The summed E-state index contributed by atoms with van der Waals surface area (Å²) in [6.07, 6.45) is 6.71. The maximum absolute atomic E-state index is 13.7. The Kier molecular flexibility index (Phi) is 11.3. The second kappa shape index (κ2) is 15.4. The molecule has 2 aliphatic rings. The van der Waals surface area contributed by atoms with Crippen molar-refractivity contribution in [2.45, 2.75) is 31.2 Å². The molecule has 0 atom stereocenters. The quantitative estimate of drug-likeness (QED) is 0.182. The van der Waals surface area contributed by atoms with Gasteiger partial charge in [0, 0.05) is 37.1 Å². The van der Waals surface area contributed by atoms with Crippen molar-refractivity contribution in [2.75, 3.05) is 56.2 Å². The zero-order valence-corrected chi connectivity index (χ0v) is 29.0. The third-order valence-corrected chi connectivity index (χ3v) is 10.5. The Labute approximate surface area is 285 Å². The number of sulfonamides is 2. The third-order valence-electron chi connectivity index (χ3n) is 7.21. The van der Waals surface area contributed by atoms with Gasteiger partial charge in [-0.3, -0.25) is 4.72 Å². The standard InChI is InChI=1S/C31H36N6O8S3/c1-21(2)22-12-13-27(32-20-22)48(40,41)36-29-28(45-24-9-5-4-8-23(24)42-3)30(35-31(34-29)37-15-18-43-19-16-37)44-17-14-33-47(38,39)26-11-7-6-10-25(26)46/h4-9,11-13,20-21,33H,10,14-19H2,1-3H3,(H,34,35,36). The van der Waals surface area contributed by atoms with Gasteiger partial charge in [-0.25, -0.2) is 18.1 Å². The Balaban J connectivity index is 1.52. The minimum absolute atomic E-state index is 0.0172. The minimum Gasteiger partial charge on any atom is -0.493 e. The molecule has 17 heteroatoms. The van der Waals surface area contributed by atoms with E-state index < -0.39 is 20.0 Å². The Bertz CT molecular complexity index is 1910. The third kappa shape index (κ3) is 8.46. The topological polar surface area (TPSA) is 171 Å². The molecule has 1 fully saturated rings. The summed E-state index contributed by atoms with van der Waals surface area (Å²) in [5.74, 6) is 0.311. The Morgan fingerprint density at radius 2 is 1.77 bits per heavy atom. The van der Waals surface area contributed by atoms with Gasteiger partial charge >= 0.3 is 0 Å². The second-order valence-electron chi connectivity index (χ2n) is 10.9. The number of pyridine rings is 1. The van der Waals surface area contributed by atoms with Crippen LogP contribution in [0.5, 0.6) is 23.1 Å². The molecule has 3 aromatic rings.